The van der Waals surface area contributed by atoms with Crippen LogP contribution in [-0.4, -0.2) is 54.7 Å². The Bertz CT molecular complexity index is 911. The van der Waals surface area contributed by atoms with E-state index in [-0.39, 0.29) is 5.82 Å². The first-order chi connectivity index (χ1) is 11.0. The number of rotatable bonds is 4. The molecule has 0 bridgehead atoms. The van der Waals surface area contributed by atoms with E-state index >= 15 is 0 Å². The van der Waals surface area contributed by atoms with Crippen molar-refractivity contribution in [1.82, 2.24) is 29.4 Å². The lowest BCUT2D eigenvalue weighted by molar-refractivity contribution is -0.391. The molecule has 23 heavy (non-hydrogen) atoms. The van der Waals surface area contributed by atoms with Crippen molar-refractivity contribution in [3.05, 3.63) is 28.4 Å². The van der Waals surface area contributed by atoms with E-state index in [1.807, 2.05) is 0 Å². The molecule has 3 heterocycles. The van der Waals surface area contributed by atoms with Crippen LogP contribution in [0.2, 0.25) is 0 Å². The molecule has 11 heteroatoms. The van der Waals surface area contributed by atoms with Gasteiger partial charge in [0.05, 0.1) is 13.4 Å². The predicted octanol–water partition coefficient (Wildman–Crippen LogP) is 0.527. The molecule has 0 aliphatic heterocycles. The molecule has 0 spiro atoms. The normalized spacial score (nSPS) is 11.4. The molecular weight excluding hydrogens is 302 g/mol. The van der Waals surface area contributed by atoms with E-state index in [0.717, 1.165) is 0 Å². The summed E-state index contributed by atoms with van der Waals surface area (Å²) in [7, 11) is 5.00. The fourth-order valence-corrected chi connectivity index (χ4v) is 2.12. The van der Waals surface area contributed by atoms with E-state index in [0.29, 0.717) is 23.1 Å². The largest absolute Gasteiger partial charge is 0.358 e. The number of aromatic nitrogens is 6. The Kier molecular flexibility index (Phi) is 3.44. The Morgan fingerprint density at radius 1 is 1.35 bits per heavy atom. The lowest BCUT2D eigenvalue weighted by Crippen LogP contribution is -2.17. The van der Waals surface area contributed by atoms with E-state index < -0.39 is 4.92 Å². The first-order valence-corrected chi connectivity index (χ1v) is 6.57. The lowest BCUT2D eigenvalue weighted by atomic mass is 10.5. The van der Waals surface area contributed by atoms with E-state index in [9.17, 15) is 10.1 Å². The van der Waals surface area contributed by atoms with Crippen LogP contribution in [0.3, 0.4) is 0 Å². The molecule has 0 aliphatic carbocycles. The second kappa shape index (κ2) is 5.44. The van der Waals surface area contributed by atoms with Gasteiger partial charge in [-0.1, -0.05) is 0 Å². The summed E-state index contributed by atoms with van der Waals surface area (Å²) in [5, 5.41) is 23.4. The molecule has 3 rings (SSSR count). The SMILES string of the molecule is CN=CN(C)c1ccc2nnc(-c3ncc([N+](=O)[O-])n3C)n2n1. The molecule has 0 unspecified atom stereocenters. The number of hydrogen-bond acceptors (Lipinski definition) is 7. The van der Waals surface area contributed by atoms with Crippen LogP contribution < -0.4 is 4.90 Å². The maximum absolute atomic E-state index is 10.9. The van der Waals surface area contributed by atoms with Crippen molar-refractivity contribution in [3.8, 4) is 11.6 Å². The van der Waals surface area contributed by atoms with Gasteiger partial charge in [0.25, 0.3) is 5.82 Å². The van der Waals surface area contributed by atoms with E-state index in [1.165, 1.54) is 15.3 Å². The molecular formula is C12H13N9O2. The Morgan fingerprint density at radius 3 is 2.78 bits per heavy atom. The number of nitrogens with zero attached hydrogens (tertiary/aromatic N) is 9. The second-order valence-corrected chi connectivity index (χ2v) is 4.73. The van der Waals surface area contributed by atoms with Crippen molar-refractivity contribution in [2.24, 2.45) is 12.0 Å². The zero-order valence-corrected chi connectivity index (χ0v) is 12.7. The van der Waals surface area contributed by atoms with Crippen molar-refractivity contribution in [1.29, 1.82) is 0 Å². The van der Waals surface area contributed by atoms with Crippen LogP contribution in [0, 0.1) is 10.1 Å². The molecule has 0 saturated heterocycles. The van der Waals surface area contributed by atoms with Gasteiger partial charge in [-0.2, -0.15) is 4.52 Å². The van der Waals surface area contributed by atoms with Crippen molar-refractivity contribution in [3.63, 3.8) is 0 Å². The third-order valence-corrected chi connectivity index (χ3v) is 3.25. The minimum absolute atomic E-state index is 0.136. The molecule has 0 atom stereocenters. The molecule has 3 aromatic rings. The average Bonchev–Trinajstić information content (AvgIpc) is 3.10. The van der Waals surface area contributed by atoms with Gasteiger partial charge in [0, 0.05) is 14.1 Å². The molecule has 0 aromatic carbocycles. The highest BCUT2D eigenvalue weighted by Crippen LogP contribution is 2.21. The fourth-order valence-electron chi connectivity index (χ4n) is 2.12. The minimum atomic E-state index is -0.510. The number of nitro groups is 1. The number of fused-ring (bicyclic) bond motifs is 1. The van der Waals surface area contributed by atoms with Gasteiger partial charge >= 0.3 is 5.82 Å². The summed E-state index contributed by atoms with van der Waals surface area (Å²) in [6, 6.07) is 3.52. The zero-order chi connectivity index (χ0) is 16.6. The lowest BCUT2D eigenvalue weighted by Gasteiger charge is -2.11. The quantitative estimate of drug-likeness (QED) is 0.298. The van der Waals surface area contributed by atoms with Crippen LogP contribution in [0.1, 0.15) is 0 Å². The molecule has 0 N–H and O–H groups in total. The third-order valence-electron chi connectivity index (χ3n) is 3.25. The van der Waals surface area contributed by atoms with Crippen LogP contribution in [-0.2, 0) is 7.05 Å². The summed E-state index contributed by atoms with van der Waals surface area (Å²) < 4.78 is 2.82. The average molecular weight is 315 g/mol. The van der Waals surface area contributed by atoms with Gasteiger partial charge < -0.3 is 15.0 Å². The summed E-state index contributed by atoms with van der Waals surface area (Å²) in [6.45, 7) is 0. The molecule has 0 aliphatic rings. The highest BCUT2D eigenvalue weighted by Gasteiger charge is 2.23. The van der Waals surface area contributed by atoms with E-state index in [4.69, 9.17) is 0 Å². The number of anilines is 1. The molecule has 118 valence electrons. The van der Waals surface area contributed by atoms with Crippen molar-refractivity contribution < 1.29 is 4.92 Å². The van der Waals surface area contributed by atoms with Crippen molar-refractivity contribution >= 4 is 23.6 Å². The van der Waals surface area contributed by atoms with Gasteiger partial charge in [-0.15, -0.1) is 15.3 Å². The zero-order valence-electron chi connectivity index (χ0n) is 12.7. The Labute approximate surface area is 130 Å². The highest BCUT2D eigenvalue weighted by molar-refractivity contribution is 5.76. The molecule has 0 radical (unpaired) electrons. The van der Waals surface area contributed by atoms with Crippen LogP contribution in [0.25, 0.3) is 17.3 Å². The smallest absolute Gasteiger partial charge is 0.343 e. The van der Waals surface area contributed by atoms with Gasteiger partial charge in [0.1, 0.15) is 6.20 Å². The maximum atomic E-state index is 10.9. The summed E-state index contributed by atoms with van der Waals surface area (Å²) in [5.41, 5.74) is 0.510. The Balaban J connectivity index is 2.15. The Hall–Kier alpha value is -3.37. The van der Waals surface area contributed by atoms with E-state index in [1.54, 1.807) is 44.5 Å². The van der Waals surface area contributed by atoms with Crippen LogP contribution in [0.15, 0.2) is 23.3 Å². The summed E-state index contributed by atoms with van der Waals surface area (Å²) >= 11 is 0. The highest BCUT2D eigenvalue weighted by atomic mass is 16.6. The number of hydrogen-bond donors (Lipinski definition) is 0. The van der Waals surface area contributed by atoms with Crippen molar-refractivity contribution in [2.75, 3.05) is 19.0 Å². The standard InChI is InChI=1S/C12H13N9O2/c1-13-7-18(2)9-5-4-8-15-16-12(20(8)17-9)11-14-6-10(19(11)3)21(22)23/h4-7H,1-3H3. The van der Waals surface area contributed by atoms with Crippen LogP contribution >= 0.6 is 0 Å². The monoisotopic (exact) mass is 315 g/mol. The fraction of sp³-hybridized carbons (Fsp3) is 0.250. The summed E-state index contributed by atoms with van der Waals surface area (Å²) in [6.07, 6.45) is 2.79. The van der Waals surface area contributed by atoms with Gasteiger partial charge in [0.15, 0.2) is 11.5 Å². The van der Waals surface area contributed by atoms with Crippen molar-refractivity contribution in [2.45, 2.75) is 0 Å². The summed E-state index contributed by atoms with van der Waals surface area (Å²) in [5.74, 6) is 1.11. The molecule has 0 fully saturated rings. The third kappa shape index (κ3) is 2.37. The first-order valence-electron chi connectivity index (χ1n) is 6.57. The molecule has 3 aromatic heterocycles. The van der Waals surface area contributed by atoms with Gasteiger partial charge in [-0.3, -0.25) is 4.99 Å². The van der Waals surface area contributed by atoms with E-state index in [2.05, 4.69) is 25.3 Å². The minimum Gasteiger partial charge on any atom is -0.358 e. The maximum Gasteiger partial charge on any atom is 0.343 e. The van der Waals surface area contributed by atoms with Crippen LogP contribution in [0.4, 0.5) is 11.6 Å². The topological polar surface area (TPSA) is 120 Å². The summed E-state index contributed by atoms with van der Waals surface area (Å²) in [4.78, 5) is 20.1. The van der Waals surface area contributed by atoms with Gasteiger partial charge in [-0.05, 0) is 17.1 Å². The van der Waals surface area contributed by atoms with Gasteiger partial charge in [-0.25, -0.2) is 9.55 Å². The Morgan fingerprint density at radius 2 is 2.13 bits per heavy atom. The number of aliphatic imine (C=N–C) groups is 1. The predicted molar refractivity (Wildman–Crippen MR) is 82.5 cm³/mol. The van der Waals surface area contributed by atoms with Gasteiger partial charge in [0.2, 0.25) is 5.82 Å². The first kappa shape index (κ1) is 14.6. The van der Waals surface area contributed by atoms with Crippen LogP contribution in [0.5, 0.6) is 0 Å². The second-order valence-electron chi connectivity index (χ2n) is 4.73. The molecule has 0 saturated carbocycles. The molecule has 0 amide bonds. The molecule has 11 nitrogen and oxygen atoms in total. The number of imidazole rings is 1.